The SMILES string of the molecule is C=C/C=C(/Br)C(=C)C(C)C. The van der Waals surface area contributed by atoms with E-state index in [2.05, 4.69) is 42.9 Å². The molecule has 56 valence electrons. The van der Waals surface area contributed by atoms with E-state index in [1.807, 2.05) is 6.08 Å². The van der Waals surface area contributed by atoms with Crippen LogP contribution in [0.4, 0.5) is 0 Å². The Morgan fingerprint density at radius 3 is 2.30 bits per heavy atom. The topological polar surface area (TPSA) is 0 Å². The standard InChI is InChI=1S/C9H13Br/c1-5-6-9(10)8(4)7(2)3/h5-7H,1,4H2,2-3H3/b9-6+. The summed E-state index contributed by atoms with van der Waals surface area (Å²) in [7, 11) is 0. The quantitative estimate of drug-likeness (QED) is 0.611. The Kier molecular flexibility index (Phi) is 4.37. The lowest BCUT2D eigenvalue weighted by atomic mass is 10.1. The molecule has 0 atom stereocenters. The molecule has 0 heterocycles. The Bertz CT molecular complexity index is 164. The molecule has 0 fully saturated rings. The fourth-order valence-electron chi connectivity index (χ4n) is 0.486. The van der Waals surface area contributed by atoms with Gasteiger partial charge in [0.05, 0.1) is 0 Å². The highest BCUT2D eigenvalue weighted by Crippen LogP contribution is 2.22. The fraction of sp³-hybridized carbons (Fsp3) is 0.333. The zero-order valence-electron chi connectivity index (χ0n) is 6.52. The molecule has 10 heavy (non-hydrogen) atoms. The zero-order valence-corrected chi connectivity index (χ0v) is 8.11. The van der Waals surface area contributed by atoms with Gasteiger partial charge in [0, 0.05) is 4.48 Å². The third-order valence-electron chi connectivity index (χ3n) is 1.27. The minimum absolute atomic E-state index is 0.491. The molecule has 0 aromatic rings. The first-order valence-electron chi connectivity index (χ1n) is 3.27. The molecule has 0 spiro atoms. The van der Waals surface area contributed by atoms with Gasteiger partial charge in [-0.05, 0) is 17.6 Å². The average molecular weight is 201 g/mol. The second-order valence-corrected chi connectivity index (χ2v) is 3.28. The number of allylic oxidation sites excluding steroid dienone is 4. The van der Waals surface area contributed by atoms with Crippen molar-refractivity contribution >= 4 is 15.9 Å². The van der Waals surface area contributed by atoms with Gasteiger partial charge in [-0.15, -0.1) is 0 Å². The molecule has 0 bridgehead atoms. The van der Waals surface area contributed by atoms with Crippen LogP contribution < -0.4 is 0 Å². The van der Waals surface area contributed by atoms with E-state index in [-0.39, 0.29) is 0 Å². The van der Waals surface area contributed by atoms with Gasteiger partial charge in [-0.3, -0.25) is 0 Å². The molecule has 0 rings (SSSR count). The number of hydrogen-bond acceptors (Lipinski definition) is 0. The maximum Gasteiger partial charge on any atom is 0.0203 e. The van der Waals surface area contributed by atoms with E-state index < -0.39 is 0 Å². The monoisotopic (exact) mass is 200 g/mol. The van der Waals surface area contributed by atoms with E-state index in [4.69, 9.17) is 0 Å². The molecule has 0 aliphatic heterocycles. The molecule has 0 aromatic heterocycles. The van der Waals surface area contributed by atoms with Crippen LogP contribution in [0.5, 0.6) is 0 Å². The van der Waals surface area contributed by atoms with Gasteiger partial charge >= 0.3 is 0 Å². The largest absolute Gasteiger partial charge is 0.0990 e. The Hall–Kier alpha value is -0.300. The third kappa shape index (κ3) is 3.02. The van der Waals surface area contributed by atoms with E-state index in [1.54, 1.807) is 6.08 Å². The molecule has 0 saturated heterocycles. The van der Waals surface area contributed by atoms with Crippen LogP contribution >= 0.6 is 15.9 Å². The molecule has 1 heteroatoms. The van der Waals surface area contributed by atoms with Crippen LogP contribution in [0.1, 0.15) is 13.8 Å². The van der Waals surface area contributed by atoms with Crippen molar-refractivity contribution in [3.05, 3.63) is 35.4 Å². The Labute approximate surface area is 71.5 Å². The summed E-state index contributed by atoms with van der Waals surface area (Å²) in [4.78, 5) is 0. The Morgan fingerprint density at radius 1 is 1.50 bits per heavy atom. The lowest BCUT2D eigenvalue weighted by molar-refractivity contribution is 0.793. The first-order chi connectivity index (χ1) is 4.59. The highest BCUT2D eigenvalue weighted by molar-refractivity contribution is 9.12. The summed E-state index contributed by atoms with van der Waals surface area (Å²) in [6.45, 7) is 11.7. The van der Waals surface area contributed by atoms with Gasteiger partial charge in [0.2, 0.25) is 0 Å². The average Bonchev–Trinajstić information content (AvgIpc) is 1.87. The lowest BCUT2D eigenvalue weighted by Gasteiger charge is -2.06. The van der Waals surface area contributed by atoms with Gasteiger partial charge in [-0.2, -0.15) is 0 Å². The molecule has 0 unspecified atom stereocenters. The fourth-order valence-corrected chi connectivity index (χ4v) is 1.13. The van der Waals surface area contributed by atoms with Crippen LogP contribution in [0.2, 0.25) is 0 Å². The summed E-state index contributed by atoms with van der Waals surface area (Å²) >= 11 is 3.39. The summed E-state index contributed by atoms with van der Waals surface area (Å²) < 4.78 is 1.04. The van der Waals surface area contributed by atoms with Crippen molar-refractivity contribution in [1.82, 2.24) is 0 Å². The number of rotatable bonds is 3. The lowest BCUT2D eigenvalue weighted by Crippen LogP contribution is -1.90. The second kappa shape index (κ2) is 4.51. The molecule has 0 aromatic carbocycles. The van der Waals surface area contributed by atoms with Crippen molar-refractivity contribution in [2.75, 3.05) is 0 Å². The minimum atomic E-state index is 0.491. The minimum Gasteiger partial charge on any atom is -0.0990 e. The highest BCUT2D eigenvalue weighted by atomic mass is 79.9. The second-order valence-electron chi connectivity index (χ2n) is 2.43. The van der Waals surface area contributed by atoms with Crippen LogP contribution in [-0.2, 0) is 0 Å². The number of hydrogen-bond donors (Lipinski definition) is 0. The van der Waals surface area contributed by atoms with Crippen molar-refractivity contribution in [3.63, 3.8) is 0 Å². The zero-order chi connectivity index (χ0) is 8.15. The first-order valence-corrected chi connectivity index (χ1v) is 4.06. The van der Waals surface area contributed by atoms with Crippen LogP contribution in [0, 0.1) is 5.92 Å². The van der Waals surface area contributed by atoms with E-state index in [9.17, 15) is 0 Å². The smallest absolute Gasteiger partial charge is 0.0203 e. The molecule has 0 amide bonds. The van der Waals surface area contributed by atoms with Gasteiger partial charge in [0.15, 0.2) is 0 Å². The van der Waals surface area contributed by atoms with Crippen LogP contribution in [0.15, 0.2) is 35.4 Å². The maximum absolute atomic E-state index is 3.91. The predicted octanol–water partition coefficient (Wildman–Crippen LogP) is 3.66. The van der Waals surface area contributed by atoms with Crippen molar-refractivity contribution < 1.29 is 0 Å². The molecular formula is C9H13Br. The van der Waals surface area contributed by atoms with Crippen molar-refractivity contribution in [2.45, 2.75) is 13.8 Å². The predicted molar refractivity (Wildman–Crippen MR) is 51.2 cm³/mol. The third-order valence-corrected chi connectivity index (χ3v) is 2.04. The van der Waals surface area contributed by atoms with Crippen LogP contribution in [-0.4, -0.2) is 0 Å². The van der Waals surface area contributed by atoms with Gasteiger partial charge in [-0.25, -0.2) is 0 Å². The highest BCUT2D eigenvalue weighted by Gasteiger charge is 2.01. The number of halogens is 1. The molecule has 0 radical (unpaired) electrons. The molecule has 0 N–H and O–H groups in total. The van der Waals surface area contributed by atoms with Crippen molar-refractivity contribution in [3.8, 4) is 0 Å². The van der Waals surface area contributed by atoms with Gasteiger partial charge < -0.3 is 0 Å². The molecule has 0 aliphatic carbocycles. The summed E-state index contributed by atoms with van der Waals surface area (Å²) in [5, 5.41) is 0. The van der Waals surface area contributed by atoms with Crippen molar-refractivity contribution in [2.24, 2.45) is 5.92 Å². The maximum atomic E-state index is 3.91. The normalized spacial score (nSPS) is 11.8. The first kappa shape index (κ1) is 9.70. The Balaban J connectivity index is 4.21. The summed E-state index contributed by atoms with van der Waals surface area (Å²) in [5.74, 6) is 0.491. The van der Waals surface area contributed by atoms with E-state index in [0.29, 0.717) is 5.92 Å². The van der Waals surface area contributed by atoms with E-state index in [0.717, 1.165) is 10.1 Å². The van der Waals surface area contributed by atoms with Crippen LogP contribution in [0.3, 0.4) is 0 Å². The Morgan fingerprint density at radius 2 is 2.00 bits per heavy atom. The van der Waals surface area contributed by atoms with Gasteiger partial charge in [0.1, 0.15) is 0 Å². The summed E-state index contributed by atoms with van der Waals surface area (Å²) in [6.07, 6.45) is 3.65. The van der Waals surface area contributed by atoms with Crippen LogP contribution in [0.25, 0.3) is 0 Å². The van der Waals surface area contributed by atoms with Crippen molar-refractivity contribution in [1.29, 1.82) is 0 Å². The molecule has 0 saturated carbocycles. The molecule has 0 nitrogen and oxygen atoms in total. The summed E-state index contributed by atoms with van der Waals surface area (Å²) in [6, 6.07) is 0. The molecular weight excluding hydrogens is 188 g/mol. The molecule has 0 aliphatic rings. The van der Waals surface area contributed by atoms with E-state index >= 15 is 0 Å². The van der Waals surface area contributed by atoms with Gasteiger partial charge in [-0.1, -0.05) is 49.0 Å². The summed E-state index contributed by atoms with van der Waals surface area (Å²) in [5.41, 5.74) is 1.11. The van der Waals surface area contributed by atoms with E-state index in [1.165, 1.54) is 0 Å². The van der Waals surface area contributed by atoms with Gasteiger partial charge in [0.25, 0.3) is 0 Å².